The number of aryl methyl sites for hydroxylation is 2. The Labute approximate surface area is 120 Å². The Bertz CT molecular complexity index is 534. The third kappa shape index (κ3) is 2.15. The molecule has 3 rings (SSSR count). The Kier molecular flexibility index (Phi) is 3.35. The van der Waals surface area contributed by atoms with Crippen LogP contribution in [0.15, 0.2) is 0 Å². The summed E-state index contributed by atoms with van der Waals surface area (Å²) in [7, 11) is 1.89. The summed E-state index contributed by atoms with van der Waals surface area (Å²) >= 11 is 0. The zero-order valence-electron chi connectivity index (χ0n) is 12.9. The normalized spacial score (nSPS) is 29.7. The molecular formula is C16H25N3O. The predicted molar refractivity (Wildman–Crippen MR) is 78.5 cm³/mol. The van der Waals surface area contributed by atoms with Gasteiger partial charge in [-0.25, -0.2) is 0 Å². The lowest BCUT2D eigenvalue weighted by Crippen LogP contribution is -2.40. The standard InChI is InChI=1S/C16H25N3O/c1-9(14-8-12-5-6-13(14)7-12)17-16(20)15-10(2)18-19(4)11(15)3/h9,12-14H,5-8H2,1-4H3,(H,17,20)/t9-,12-,13-,14-/m1/s1. The average molecular weight is 275 g/mol. The summed E-state index contributed by atoms with van der Waals surface area (Å²) in [4.78, 5) is 12.5. The molecule has 0 unspecified atom stereocenters. The van der Waals surface area contributed by atoms with Gasteiger partial charge in [-0.1, -0.05) is 6.42 Å². The molecule has 2 aliphatic rings. The van der Waals surface area contributed by atoms with Gasteiger partial charge in [-0.05, 0) is 57.8 Å². The predicted octanol–water partition coefficient (Wildman–Crippen LogP) is 2.59. The highest BCUT2D eigenvalue weighted by molar-refractivity contribution is 5.96. The van der Waals surface area contributed by atoms with E-state index in [2.05, 4.69) is 17.3 Å². The first-order chi connectivity index (χ1) is 9.47. The van der Waals surface area contributed by atoms with Gasteiger partial charge in [0.15, 0.2) is 0 Å². The molecule has 4 heteroatoms. The number of hydrogen-bond donors (Lipinski definition) is 1. The van der Waals surface area contributed by atoms with Crippen molar-refractivity contribution in [2.75, 3.05) is 0 Å². The van der Waals surface area contributed by atoms with Crippen molar-refractivity contribution in [1.29, 1.82) is 0 Å². The largest absolute Gasteiger partial charge is 0.349 e. The quantitative estimate of drug-likeness (QED) is 0.921. The van der Waals surface area contributed by atoms with Gasteiger partial charge in [0, 0.05) is 18.8 Å². The van der Waals surface area contributed by atoms with Crippen LogP contribution < -0.4 is 5.32 Å². The molecule has 1 aromatic rings. The van der Waals surface area contributed by atoms with Crippen LogP contribution >= 0.6 is 0 Å². The fourth-order valence-corrected chi connectivity index (χ4v) is 4.39. The van der Waals surface area contributed by atoms with Gasteiger partial charge in [-0.3, -0.25) is 9.48 Å². The van der Waals surface area contributed by atoms with E-state index < -0.39 is 0 Å². The van der Waals surface area contributed by atoms with E-state index in [4.69, 9.17) is 0 Å². The maximum Gasteiger partial charge on any atom is 0.255 e. The van der Waals surface area contributed by atoms with Crippen molar-refractivity contribution >= 4 is 5.91 Å². The first-order valence-corrected chi connectivity index (χ1v) is 7.78. The minimum absolute atomic E-state index is 0.0448. The van der Waals surface area contributed by atoms with Crippen LogP contribution in [0.5, 0.6) is 0 Å². The molecule has 0 spiro atoms. The van der Waals surface area contributed by atoms with Gasteiger partial charge >= 0.3 is 0 Å². The molecule has 0 aromatic carbocycles. The molecule has 1 aromatic heterocycles. The van der Waals surface area contributed by atoms with Crippen LogP contribution in [0, 0.1) is 31.6 Å². The van der Waals surface area contributed by atoms with Gasteiger partial charge in [0.25, 0.3) is 5.91 Å². The van der Waals surface area contributed by atoms with E-state index in [1.165, 1.54) is 25.7 Å². The van der Waals surface area contributed by atoms with E-state index in [-0.39, 0.29) is 11.9 Å². The van der Waals surface area contributed by atoms with Gasteiger partial charge in [0.1, 0.15) is 0 Å². The highest BCUT2D eigenvalue weighted by Gasteiger charge is 2.42. The minimum Gasteiger partial charge on any atom is -0.349 e. The number of amides is 1. The van der Waals surface area contributed by atoms with Gasteiger partial charge in [0.2, 0.25) is 0 Å². The topological polar surface area (TPSA) is 46.9 Å². The second kappa shape index (κ2) is 4.90. The van der Waals surface area contributed by atoms with Crippen molar-refractivity contribution in [3.05, 3.63) is 17.0 Å². The molecule has 4 nitrogen and oxygen atoms in total. The molecule has 1 heterocycles. The van der Waals surface area contributed by atoms with E-state index in [9.17, 15) is 4.79 Å². The number of aromatic nitrogens is 2. The summed E-state index contributed by atoms with van der Waals surface area (Å²) in [5, 5.41) is 7.56. The number of fused-ring (bicyclic) bond motifs is 2. The minimum atomic E-state index is 0.0448. The van der Waals surface area contributed by atoms with Crippen LogP contribution in [0.4, 0.5) is 0 Å². The van der Waals surface area contributed by atoms with Crippen molar-refractivity contribution < 1.29 is 4.79 Å². The summed E-state index contributed by atoms with van der Waals surface area (Å²) in [6.07, 6.45) is 5.45. The van der Waals surface area contributed by atoms with Gasteiger partial charge in [-0.2, -0.15) is 5.10 Å². The first kappa shape index (κ1) is 13.7. The van der Waals surface area contributed by atoms with Crippen molar-refractivity contribution in [2.24, 2.45) is 24.8 Å². The molecule has 2 bridgehead atoms. The lowest BCUT2D eigenvalue weighted by Gasteiger charge is -2.28. The third-order valence-corrected chi connectivity index (χ3v) is 5.53. The Morgan fingerprint density at radius 2 is 2.10 bits per heavy atom. The monoisotopic (exact) mass is 275 g/mol. The third-order valence-electron chi connectivity index (χ3n) is 5.53. The number of nitrogens with one attached hydrogen (secondary N) is 1. The molecule has 0 saturated heterocycles. The summed E-state index contributed by atoms with van der Waals surface area (Å²) in [5.41, 5.74) is 2.52. The van der Waals surface area contributed by atoms with Gasteiger partial charge in [0.05, 0.1) is 11.3 Å². The van der Waals surface area contributed by atoms with Crippen molar-refractivity contribution in [3.8, 4) is 0 Å². The number of carbonyl (C=O) groups is 1. The first-order valence-electron chi connectivity index (χ1n) is 7.78. The van der Waals surface area contributed by atoms with Crippen LogP contribution in [0.25, 0.3) is 0 Å². The van der Waals surface area contributed by atoms with E-state index in [1.807, 2.05) is 20.9 Å². The molecule has 2 fully saturated rings. The Balaban J connectivity index is 1.69. The summed E-state index contributed by atoms with van der Waals surface area (Å²) in [6, 6.07) is 0.275. The Morgan fingerprint density at radius 3 is 2.60 bits per heavy atom. The molecular weight excluding hydrogens is 250 g/mol. The van der Waals surface area contributed by atoms with Gasteiger partial charge < -0.3 is 5.32 Å². The summed E-state index contributed by atoms with van der Waals surface area (Å²) in [6.45, 7) is 6.03. The fraction of sp³-hybridized carbons (Fsp3) is 0.750. The zero-order chi connectivity index (χ0) is 14.4. The number of hydrogen-bond acceptors (Lipinski definition) is 2. The van der Waals surface area contributed by atoms with Crippen LogP contribution in [0.1, 0.15) is 54.4 Å². The lowest BCUT2D eigenvalue weighted by atomic mass is 9.84. The Hall–Kier alpha value is -1.32. The van der Waals surface area contributed by atoms with Crippen LogP contribution in [-0.4, -0.2) is 21.7 Å². The molecule has 1 N–H and O–H groups in total. The van der Waals surface area contributed by atoms with E-state index >= 15 is 0 Å². The van der Waals surface area contributed by atoms with E-state index in [1.54, 1.807) is 4.68 Å². The van der Waals surface area contributed by atoms with Crippen molar-refractivity contribution in [2.45, 2.75) is 52.5 Å². The SMILES string of the molecule is Cc1nn(C)c(C)c1C(=O)N[C@H](C)[C@H]1C[C@@H]2CC[C@@H]1C2. The second-order valence-corrected chi connectivity index (χ2v) is 6.77. The van der Waals surface area contributed by atoms with Crippen molar-refractivity contribution in [1.82, 2.24) is 15.1 Å². The average Bonchev–Trinajstić information content (AvgIpc) is 3.05. The summed E-state index contributed by atoms with van der Waals surface area (Å²) in [5.74, 6) is 2.48. The maximum atomic E-state index is 12.5. The Morgan fingerprint density at radius 1 is 1.35 bits per heavy atom. The highest BCUT2D eigenvalue weighted by Crippen LogP contribution is 2.49. The molecule has 110 valence electrons. The lowest BCUT2D eigenvalue weighted by molar-refractivity contribution is 0.0914. The van der Waals surface area contributed by atoms with E-state index in [0.717, 1.165) is 28.8 Å². The molecule has 1 amide bonds. The molecule has 20 heavy (non-hydrogen) atoms. The smallest absolute Gasteiger partial charge is 0.255 e. The van der Waals surface area contributed by atoms with Crippen molar-refractivity contribution in [3.63, 3.8) is 0 Å². The van der Waals surface area contributed by atoms with E-state index in [0.29, 0.717) is 5.92 Å². The summed E-state index contributed by atoms with van der Waals surface area (Å²) < 4.78 is 1.78. The number of rotatable bonds is 3. The maximum absolute atomic E-state index is 12.5. The van der Waals surface area contributed by atoms with Crippen LogP contribution in [-0.2, 0) is 7.05 Å². The van der Waals surface area contributed by atoms with Gasteiger partial charge in [-0.15, -0.1) is 0 Å². The molecule has 2 saturated carbocycles. The van der Waals surface area contributed by atoms with Crippen LogP contribution in [0.2, 0.25) is 0 Å². The molecule has 2 aliphatic carbocycles. The number of nitrogens with zero attached hydrogens (tertiary/aromatic N) is 2. The molecule has 4 atom stereocenters. The highest BCUT2D eigenvalue weighted by atomic mass is 16.1. The zero-order valence-corrected chi connectivity index (χ0v) is 12.9. The fourth-order valence-electron chi connectivity index (χ4n) is 4.39. The van der Waals surface area contributed by atoms with Crippen LogP contribution in [0.3, 0.4) is 0 Å². The molecule has 0 radical (unpaired) electrons. The molecule has 0 aliphatic heterocycles. The second-order valence-electron chi connectivity index (χ2n) is 6.77. The number of carbonyl (C=O) groups excluding carboxylic acids is 1.